The van der Waals surface area contributed by atoms with Crippen molar-refractivity contribution in [2.75, 3.05) is 4.90 Å². The first kappa shape index (κ1) is 27.7. The van der Waals surface area contributed by atoms with Crippen molar-refractivity contribution < 1.29 is 0 Å². The molecule has 0 saturated carbocycles. The van der Waals surface area contributed by atoms with Crippen molar-refractivity contribution in [1.29, 1.82) is 0 Å². The highest BCUT2D eigenvalue weighted by Gasteiger charge is 2.16. The van der Waals surface area contributed by atoms with Crippen molar-refractivity contribution in [3.05, 3.63) is 192 Å². The first-order chi connectivity index (χ1) is 21.2. The van der Waals surface area contributed by atoms with Crippen LogP contribution in [0.1, 0.15) is 23.6 Å². The molecule has 1 aliphatic carbocycles. The van der Waals surface area contributed by atoms with E-state index in [0.717, 1.165) is 45.7 Å². The zero-order chi connectivity index (χ0) is 29.4. The van der Waals surface area contributed by atoms with Gasteiger partial charge < -0.3 is 4.90 Å². The second-order valence-electron chi connectivity index (χ2n) is 10.6. The number of fused-ring (bicyclic) bond motifs is 1. The fraction of sp³-hybridized carbons (Fsp3) is 0.0488. The van der Waals surface area contributed by atoms with Gasteiger partial charge in [0, 0.05) is 29.5 Å². The molecule has 4 aromatic carbocycles. The van der Waals surface area contributed by atoms with Crippen LogP contribution in [-0.2, 0) is 6.42 Å². The molecule has 6 rings (SSSR count). The Labute approximate surface area is 255 Å². The maximum absolute atomic E-state index is 4.19. The van der Waals surface area contributed by atoms with E-state index in [1.54, 1.807) is 0 Å². The molecule has 0 unspecified atom stereocenters. The standard InChI is InChI=1S/C41H34N2/c1-3-12-41(40-20-10-9-14-32-13-7-8-15-35(32)29-31(40)2)34-21-23-38(24-22-34)43(37-17-5-4-6-18-37)39-19-11-16-36(30-39)33-25-27-42-28-26-33/h3-28,30H,1,29H2,2H3/b14-9+,20-10-,40-31+,41-12-. The fourth-order valence-corrected chi connectivity index (χ4v) is 5.65. The van der Waals surface area contributed by atoms with E-state index in [0.29, 0.717) is 0 Å². The summed E-state index contributed by atoms with van der Waals surface area (Å²) in [6.45, 7) is 6.29. The van der Waals surface area contributed by atoms with E-state index in [1.807, 2.05) is 30.6 Å². The Kier molecular flexibility index (Phi) is 8.38. The highest BCUT2D eigenvalue weighted by molar-refractivity contribution is 5.86. The van der Waals surface area contributed by atoms with Crippen LogP contribution in [0.4, 0.5) is 17.1 Å². The molecule has 43 heavy (non-hydrogen) atoms. The highest BCUT2D eigenvalue weighted by atomic mass is 15.1. The van der Waals surface area contributed by atoms with Gasteiger partial charge in [0.1, 0.15) is 0 Å². The molecule has 208 valence electrons. The molecule has 0 saturated heterocycles. The van der Waals surface area contributed by atoms with Gasteiger partial charge in [-0.25, -0.2) is 0 Å². The summed E-state index contributed by atoms with van der Waals surface area (Å²) in [6.07, 6.45) is 17.3. The van der Waals surface area contributed by atoms with Gasteiger partial charge in [0.25, 0.3) is 0 Å². The Morgan fingerprint density at radius 2 is 1.40 bits per heavy atom. The summed E-state index contributed by atoms with van der Waals surface area (Å²) < 4.78 is 0. The highest BCUT2D eigenvalue weighted by Crippen LogP contribution is 2.38. The molecule has 0 amide bonds. The Balaban J connectivity index is 1.39. The van der Waals surface area contributed by atoms with Gasteiger partial charge in [0.2, 0.25) is 0 Å². The van der Waals surface area contributed by atoms with Crippen molar-refractivity contribution in [3.8, 4) is 11.1 Å². The molecule has 1 heterocycles. The van der Waals surface area contributed by atoms with Crippen molar-refractivity contribution in [2.45, 2.75) is 13.3 Å². The molecule has 1 aliphatic rings. The zero-order valence-electron chi connectivity index (χ0n) is 24.4. The average molecular weight is 555 g/mol. The Morgan fingerprint density at radius 3 is 2.19 bits per heavy atom. The zero-order valence-corrected chi connectivity index (χ0v) is 24.4. The summed E-state index contributed by atoms with van der Waals surface area (Å²) in [7, 11) is 0. The van der Waals surface area contributed by atoms with E-state index in [-0.39, 0.29) is 0 Å². The Morgan fingerprint density at radius 1 is 0.698 bits per heavy atom. The Hall–Kier alpha value is -5.47. The molecule has 0 atom stereocenters. The minimum Gasteiger partial charge on any atom is -0.310 e. The van der Waals surface area contributed by atoms with E-state index in [2.05, 4.69) is 157 Å². The maximum Gasteiger partial charge on any atom is 0.0467 e. The third-order valence-corrected chi connectivity index (χ3v) is 7.76. The minimum absolute atomic E-state index is 0.891. The summed E-state index contributed by atoms with van der Waals surface area (Å²) in [4.78, 5) is 6.49. The van der Waals surface area contributed by atoms with Crippen LogP contribution in [0.2, 0.25) is 0 Å². The molecule has 2 heteroatoms. The molecular weight excluding hydrogens is 520 g/mol. The number of anilines is 3. The number of nitrogens with zero attached hydrogens (tertiary/aromatic N) is 2. The van der Waals surface area contributed by atoms with Crippen molar-refractivity contribution >= 4 is 28.7 Å². The lowest BCUT2D eigenvalue weighted by Gasteiger charge is -2.26. The lowest BCUT2D eigenvalue weighted by atomic mass is 9.90. The largest absolute Gasteiger partial charge is 0.310 e. The van der Waals surface area contributed by atoms with Crippen LogP contribution in [0.3, 0.4) is 0 Å². The SMILES string of the molecule is C=C\C=C(C1=C(\C)Cc2ccccc2/C=C/C=C\1)\c1ccc(N(c2ccccc2)c2cccc(-c3ccncc3)c2)cc1. The van der Waals surface area contributed by atoms with Gasteiger partial charge in [-0.2, -0.15) is 0 Å². The van der Waals surface area contributed by atoms with E-state index >= 15 is 0 Å². The molecule has 0 radical (unpaired) electrons. The van der Waals surface area contributed by atoms with Gasteiger partial charge in [-0.3, -0.25) is 4.98 Å². The molecule has 0 N–H and O–H groups in total. The molecule has 0 spiro atoms. The summed E-state index contributed by atoms with van der Waals surface area (Å²) in [5, 5.41) is 0. The molecule has 0 aliphatic heterocycles. The molecular formula is C41H34N2. The van der Waals surface area contributed by atoms with Crippen LogP contribution in [0.5, 0.6) is 0 Å². The monoisotopic (exact) mass is 554 g/mol. The minimum atomic E-state index is 0.891. The van der Waals surface area contributed by atoms with Crippen LogP contribution in [-0.4, -0.2) is 4.98 Å². The number of pyridine rings is 1. The summed E-state index contributed by atoms with van der Waals surface area (Å²) in [5.74, 6) is 0. The topological polar surface area (TPSA) is 16.1 Å². The number of para-hydroxylation sites is 1. The van der Waals surface area contributed by atoms with Gasteiger partial charge in [-0.15, -0.1) is 0 Å². The van der Waals surface area contributed by atoms with Gasteiger partial charge in [-0.1, -0.05) is 115 Å². The van der Waals surface area contributed by atoms with Crippen LogP contribution in [0.25, 0.3) is 22.8 Å². The first-order valence-electron chi connectivity index (χ1n) is 14.6. The quantitative estimate of drug-likeness (QED) is 0.186. The average Bonchev–Trinajstić information content (AvgIpc) is 3.14. The Bertz CT molecular complexity index is 1840. The number of rotatable bonds is 7. The fourth-order valence-electron chi connectivity index (χ4n) is 5.65. The number of hydrogen-bond acceptors (Lipinski definition) is 2. The van der Waals surface area contributed by atoms with Gasteiger partial charge in [-0.05, 0) is 101 Å². The molecule has 5 aromatic rings. The predicted molar refractivity (Wildman–Crippen MR) is 184 cm³/mol. The second-order valence-corrected chi connectivity index (χ2v) is 10.6. The van der Waals surface area contributed by atoms with Crippen LogP contribution >= 0.6 is 0 Å². The van der Waals surface area contributed by atoms with Gasteiger partial charge in [0.05, 0.1) is 0 Å². The lowest BCUT2D eigenvalue weighted by Crippen LogP contribution is -2.10. The van der Waals surface area contributed by atoms with E-state index in [1.165, 1.54) is 22.3 Å². The summed E-state index contributed by atoms with van der Waals surface area (Å²) in [5.41, 5.74) is 13.0. The van der Waals surface area contributed by atoms with Crippen LogP contribution < -0.4 is 4.90 Å². The van der Waals surface area contributed by atoms with Gasteiger partial charge in [0.15, 0.2) is 0 Å². The lowest BCUT2D eigenvalue weighted by molar-refractivity contribution is 1.12. The summed E-state index contributed by atoms with van der Waals surface area (Å²) >= 11 is 0. The number of allylic oxidation sites excluding steroid dienone is 8. The molecule has 0 fully saturated rings. The molecule has 1 aromatic heterocycles. The first-order valence-corrected chi connectivity index (χ1v) is 14.6. The second kappa shape index (κ2) is 13.0. The van der Waals surface area contributed by atoms with Crippen LogP contribution in [0, 0.1) is 0 Å². The van der Waals surface area contributed by atoms with Gasteiger partial charge >= 0.3 is 0 Å². The van der Waals surface area contributed by atoms with E-state index in [9.17, 15) is 0 Å². The predicted octanol–water partition coefficient (Wildman–Crippen LogP) is 10.9. The number of hydrogen-bond donors (Lipinski definition) is 0. The third kappa shape index (κ3) is 6.24. The number of benzene rings is 4. The van der Waals surface area contributed by atoms with Crippen molar-refractivity contribution in [1.82, 2.24) is 4.98 Å². The van der Waals surface area contributed by atoms with Crippen molar-refractivity contribution in [3.63, 3.8) is 0 Å². The molecule has 2 nitrogen and oxygen atoms in total. The molecule has 0 bridgehead atoms. The van der Waals surface area contributed by atoms with E-state index < -0.39 is 0 Å². The van der Waals surface area contributed by atoms with Crippen LogP contribution in [0.15, 0.2) is 176 Å². The smallest absolute Gasteiger partial charge is 0.0467 e. The summed E-state index contributed by atoms with van der Waals surface area (Å²) in [6, 6.07) is 40.8. The van der Waals surface area contributed by atoms with E-state index in [4.69, 9.17) is 0 Å². The third-order valence-electron chi connectivity index (χ3n) is 7.76. The normalized spacial score (nSPS) is 16.3. The number of aromatic nitrogens is 1. The maximum atomic E-state index is 4.19. The van der Waals surface area contributed by atoms with Crippen molar-refractivity contribution in [2.24, 2.45) is 0 Å².